The van der Waals surface area contributed by atoms with Crippen molar-refractivity contribution in [3.8, 4) is 0 Å². The summed E-state index contributed by atoms with van der Waals surface area (Å²) in [4.78, 5) is 12.2. The summed E-state index contributed by atoms with van der Waals surface area (Å²) in [6, 6.07) is 4.68. The van der Waals surface area contributed by atoms with Gasteiger partial charge < -0.3 is 11.1 Å². The molecule has 0 heterocycles. The Hall–Kier alpha value is -1.47. The number of halogens is 1. The van der Waals surface area contributed by atoms with Gasteiger partial charge in [0.15, 0.2) is 9.84 Å². The highest BCUT2D eigenvalue weighted by Gasteiger charge is 2.30. The van der Waals surface area contributed by atoms with Crippen LogP contribution < -0.4 is 11.1 Å². The van der Waals surface area contributed by atoms with Crippen molar-refractivity contribution < 1.29 is 17.6 Å². The molecule has 1 fully saturated rings. The minimum absolute atomic E-state index is 0.0277. The number of hydrogen-bond donors (Lipinski definition) is 2. The van der Waals surface area contributed by atoms with Crippen molar-refractivity contribution in [2.45, 2.75) is 48.8 Å². The first kappa shape index (κ1) is 17.9. The molecule has 7 heteroatoms. The van der Waals surface area contributed by atoms with Gasteiger partial charge in [-0.15, -0.1) is 0 Å². The molecule has 0 aliphatic heterocycles. The van der Waals surface area contributed by atoms with Gasteiger partial charge in [-0.3, -0.25) is 4.79 Å². The Bertz CT molecular complexity index is 646. The zero-order valence-corrected chi connectivity index (χ0v) is 14.0. The van der Waals surface area contributed by atoms with Gasteiger partial charge in [-0.1, -0.05) is 6.42 Å². The molecule has 3 unspecified atom stereocenters. The van der Waals surface area contributed by atoms with E-state index in [1.165, 1.54) is 19.1 Å². The van der Waals surface area contributed by atoms with Gasteiger partial charge in [0, 0.05) is 12.5 Å². The molecule has 1 aliphatic carbocycles. The predicted octanol–water partition coefficient (Wildman–Crippen LogP) is 1.62. The second-order valence-corrected chi connectivity index (χ2v) is 8.48. The lowest BCUT2D eigenvalue weighted by Crippen LogP contribution is -2.41. The summed E-state index contributed by atoms with van der Waals surface area (Å²) in [5.74, 6) is -0.514. The molecule has 0 saturated heterocycles. The van der Waals surface area contributed by atoms with E-state index in [4.69, 9.17) is 5.73 Å². The van der Waals surface area contributed by atoms with Crippen molar-refractivity contribution in [2.24, 2.45) is 11.7 Å². The lowest BCUT2D eigenvalue weighted by atomic mass is 10.0. The summed E-state index contributed by atoms with van der Waals surface area (Å²) >= 11 is 0. The third kappa shape index (κ3) is 4.29. The van der Waals surface area contributed by atoms with Crippen LogP contribution in [0.15, 0.2) is 29.2 Å². The first-order valence-electron chi connectivity index (χ1n) is 7.83. The van der Waals surface area contributed by atoms with Crippen molar-refractivity contribution in [1.82, 2.24) is 5.32 Å². The van der Waals surface area contributed by atoms with Crippen molar-refractivity contribution in [3.63, 3.8) is 0 Å². The van der Waals surface area contributed by atoms with Crippen LogP contribution in [0.25, 0.3) is 0 Å². The van der Waals surface area contributed by atoms with E-state index in [0.29, 0.717) is 6.54 Å². The first-order valence-corrected chi connectivity index (χ1v) is 9.38. The van der Waals surface area contributed by atoms with Crippen molar-refractivity contribution >= 4 is 15.7 Å². The summed E-state index contributed by atoms with van der Waals surface area (Å²) in [5, 5.41) is 2.03. The smallest absolute Gasteiger partial charge is 0.221 e. The van der Waals surface area contributed by atoms with Gasteiger partial charge in [0.25, 0.3) is 0 Å². The highest BCUT2D eigenvalue weighted by molar-refractivity contribution is 7.92. The number of carbonyl (C=O) groups excluding carboxylic acids is 1. The molecule has 1 aliphatic rings. The van der Waals surface area contributed by atoms with Gasteiger partial charge in [-0.25, -0.2) is 12.8 Å². The minimum Gasteiger partial charge on any atom is -0.353 e. The molecule has 5 nitrogen and oxygen atoms in total. The number of benzene rings is 1. The summed E-state index contributed by atoms with van der Waals surface area (Å²) in [6.07, 6.45) is 2.78. The molecular formula is C16H23FN2O3S. The minimum atomic E-state index is -3.66. The molecule has 0 radical (unpaired) electrons. The van der Waals surface area contributed by atoms with E-state index in [2.05, 4.69) is 5.32 Å². The van der Waals surface area contributed by atoms with Crippen LogP contribution in [-0.4, -0.2) is 32.2 Å². The maximum absolute atomic E-state index is 12.9. The Morgan fingerprint density at radius 3 is 2.61 bits per heavy atom. The monoisotopic (exact) mass is 342 g/mol. The number of amides is 1. The van der Waals surface area contributed by atoms with Crippen LogP contribution >= 0.6 is 0 Å². The van der Waals surface area contributed by atoms with Gasteiger partial charge in [-0.2, -0.15) is 0 Å². The standard InChI is InChI=1S/C16H23FN2O3S/c1-11(23(21,22)14-7-5-13(17)6-8-14)9-16(20)19-15-4-2-3-12(15)10-18/h5-8,11-12,15H,2-4,9-10,18H2,1H3,(H,19,20). The zero-order valence-electron chi connectivity index (χ0n) is 13.2. The Kier molecular flexibility index (Phi) is 5.75. The average molecular weight is 342 g/mol. The van der Waals surface area contributed by atoms with Gasteiger partial charge in [0.05, 0.1) is 10.1 Å². The Morgan fingerprint density at radius 1 is 1.35 bits per heavy atom. The van der Waals surface area contributed by atoms with E-state index in [0.717, 1.165) is 31.4 Å². The van der Waals surface area contributed by atoms with Crippen LogP contribution in [0.1, 0.15) is 32.6 Å². The largest absolute Gasteiger partial charge is 0.353 e. The molecule has 1 aromatic carbocycles. The highest BCUT2D eigenvalue weighted by Crippen LogP contribution is 2.25. The quantitative estimate of drug-likeness (QED) is 0.769. The Balaban J connectivity index is 1.98. The number of rotatable bonds is 6. The van der Waals surface area contributed by atoms with Crippen LogP contribution in [0.2, 0.25) is 0 Å². The summed E-state index contributed by atoms with van der Waals surface area (Å²) in [5.41, 5.74) is 5.68. The normalized spacial score (nSPS) is 22.7. The van der Waals surface area contributed by atoms with Crippen molar-refractivity contribution in [1.29, 1.82) is 0 Å². The predicted molar refractivity (Wildman–Crippen MR) is 86.0 cm³/mol. The van der Waals surface area contributed by atoms with E-state index >= 15 is 0 Å². The van der Waals surface area contributed by atoms with Gasteiger partial charge >= 0.3 is 0 Å². The number of nitrogens with two attached hydrogens (primary N) is 1. The molecule has 3 N–H and O–H groups in total. The second-order valence-electron chi connectivity index (χ2n) is 6.11. The molecule has 1 aromatic rings. The number of sulfone groups is 1. The third-order valence-electron chi connectivity index (χ3n) is 4.45. The molecule has 2 rings (SSSR count). The molecule has 128 valence electrons. The molecular weight excluding hydrogens is 319 g/mol. The number of carbonyl (C=O) groups is 1. The van der Waals surface area contributed by atoms with Crippen LogP contribution in [0.5, 0.6) is 0 Å². The molecule has 23 heavy (non-hydrogen) atoms. The fourth-order valence-corrected chi connectivity index (χ4v) is 4.35. The van der Waals surface area contributed by atoms with Crippen LogP contribution in [0.4, 0.5) is 4.39 Å². The van der Waals surface area contributed by atoms with E-state index < -0.39 is 20.9 Å². The molecule has 0 bridgehead atoms. The van der Waals surface area contributed by atoms with E-state index in [-0.39, 0.29) is 29.2 Å². The zero-order chi connectivity index (χ0) is 17.0. The van der Waals surface area contributed by atoms with Crippen LogP contribution in [0.3, 0.4) is 0 Å². The lowest BCUT2D eigenvalue weighted by molar-refractivity contribution is -0.122. The fraction of sp³-hybridized carbons (Fsp3) is 0.562. The topological polar surface area (TPSA) is 89.3 Å². The van der Waals surface area contributed by atoms with Crippen molar-refractivity contribution in [2.75, 3.05) is 6.54 Å². The van der Waals surface area contributed by atoms with Gasteiger partial charge in [0.2, 0.25) is 5.91 Å². The fourth-order valence-electron chi connectivity index (χ4n) is 3.00. The first-order chi connectivity index (χ1) is 10.8. The van der Waals surface area contributed by atoms with Crippen molar-refractivity contribution in [3.05, 3.63) is 30.1 Å². The molecule has 1 saturated carbocycles. The van der Waals surface area contributed by atoms with Gasteiger partial charge in [0.1, 0.15) is 5.82 Å². The van der Waals surface area contributed by atoms with Crippen LogP contribution in [-0.2, 0) is 14.6 Å². The van der Waals surface area contributed by atoms with E-state index in [1.807, 2.05) is 0 Å². The molecule has 1 amide bonds. The summed E-state index contributed by atoms with van der Waals surface area (Å²) in [7, 11) is -3.66. The van der Waals surface area contributed by atoms with Crippen LogP contribution in [0, 0.1) is 11.7 Å². The highest BCUT2D eigenvalue weighted by atomic mass is 32.2. The average Bonchev–Trinajstić information content (AvgIpc) is 2.94. The summed E-state index contributed by atoms with van der Waals surface area (Å²) < 4.78 is 37.7. The SMILES string of the molecule is CC(CC(=O)NC1CCCC1CN)S(=O)(=O)c1ccc(F)cc1. The van der Waals surface area contributed by atoms with E-state index in [9.17, 15) is 17.6 Å². The Morgan fingerprint density at radius 2 is 2.00 bits per heavy atom. The molecule has 3 atom stereocenters. The second kappa shape index (κ2) is 7.40. The third-order valence-corrected chi connectivity index (χ3v) is 6.61. The van der Waals surface area contributed by atoms with Gasteiger partial charge in [-0.05, 0) is 56.5 Å². The maximum atomic E-state index is 12.9. The number of nitrogens with one attached hydrogen (secondary N) is 1. The van der Waals surface area contributed by atoms with E-state index in [1.54, 1.807) is 0 Å². The maximum Gasteiger partial charge on any atom is 0.221 e. The Labute approximate surface area is 136 Å². The molecule has 0 spiro atoms. The summed E-state index contributed by atoms with van der Waals surface area (Å²) in [6.45, 7) is 2.02. The number of hydrogen-bond acceptors (Lipinski definition) is 4. The molecule has 0 aromatic heterocycles. The lowest BCUT2D eigenvalue weighted by Gasteiger charge is -2.20.